The van der Waals surface area contributed by atoms with E-state index >= 15 is 0 Å². The molecule has 2 unspecified atom stereocenters. The van der Waals surface area contributed by atoms with Crippen molar-refractivity contribution >= 4 is 5.78 Å². The van der Waals surface area contributed by atoms with E-state index in [0.717, 1.165) is 5.56 Å². The molecule has 0 radical (unpaired) electrons. The van der Waals surface area contributed by atoms with Crippen molar-refractivity contribution in [2.75, 3.05) is 6.61 Å². The second kappa shape index (κ2) is 8.58. The predicted molar refractivity (Wildman–Crippen MR) is 88.4 cm³/mol. The zero-order valence-corrected chi connectivity index (χ0v) is 12.9. The van der Waals surface area contributed by atoms with E-state index in [-0.39, 0.29) is 12.4 Å². The Morgan fingerprint density at radius 1 is 0.870 bits per heavy atom. The van der Waals surface area contributed by atoms with Crippen molar-refractivity contribution < 1.29 is 20.1 Å². The van der Waals surface area contributed by atoms with Crippen LogP contribution in [0.15, 0.2) is 54.6 Å². The monoisotopic (exact) mass is 314 g/mol. The first-order valence-electron chi connectivity index (χ1n) is 7.77. The fraction of sp³-hybridized carbons (Fsp3) is 0.316. The molecule has 0 aliphatic heterocycles. The Balaban J connectivity index is 1.98. The molecule has 4 heteroatoms. The summed E-state index contributed by atoms with van der Waals surface area (Å²) in [7, 11) is 0. The van der Waals surface area contributed by atoms with Gasteiger partial charge in [0.25, 0.3) is 0 Å². The lowest BCUT2D eigenvalue weighted by atomic mass is 9.98. The van der Waals surface area contributed by atoms with E-state index in [1.54, 1.807) is 36.4 Å². The molecule has 0 heterocycles. The number of rotatable bonds is 8. The molecule has 2 atom stereocenters. The topological polar surface area (TPSA) is 77.8 Å². The molecule has 2 rings (SSSR count). The molecule has 0 saturated heterocycles. The minimum absolute atomic E-state index is 0.0000739. The van der Waals surface area contributed by atoms with Crippen LogP contribution in [0.3, 0.4) is 0 Å². The van der Waals surface area contributed by atoms with E-state index in [0.29, 0.717) is 30.4 Å². The predicted octanol–water partition coefficient (Wildman–Crippen LogP) is 1.95. The van der Waals surface area contributed by atoms with Crippen LogP contribution in [-0.2, 0) is 6.42 Å². The lowest BCUT2D eigenvalue weighted by molar-refractivity contribution is 0.0117. The van der Waals surface area contributed by atoms with Gasteiger partial charge in [-0.1, -0.05) is 54.6 Å². The Morgan fingerprint density at radius 2 is 1.48 bits per heavy atom. The minimum atomic E-state index is -0.878. The molecule has 0 aliphatic carbocycles. The molecule has 4 nitrogen and oxygen atoms in total. The van der Waals surface area contributed by atoms with Gasteiger partial charge in [0.2, 0.25) is 0 Å². The normalized spacial score (nSPS) is 13.5. The first kappa shape index (κ1) is 17.3. The molecule has 0 amide bonds. The van der Waals surface area contributed by atoms with E-state index in [9.17, 15) is 15.0 Å². The maximum absolute atomic E-state index is 12.3. The van der Waals surface area contributed by atoms with Crippen molar-refractivity contribution in [3.8, 4) is 0 Å². The van der Waals surface area contributed by atoms with Crippen molar-refractivity contribution in [1.82, 2.24) is 0 Å². The van der Waals surface area contributed by atoms with E-state index in [2.05, 4.69) is 0 Å². The molecular formula is C19H22O4. The fourth-order valence-corrected chi connectivity index (χ4v) is 2.42. The summed E-state index contributed by atoms with van der Waals surface area (Å²) in [6.07, 6.45) is -0.595. The Hall–Kier alpha value is -2.01. The zero-order chi connectivity index (χ0) is 16.7. The van der Waals surface area contributed by atoms with Gasteiger partial charge in [-0.3, -0.25) is 4.79 Å². The van der Waals surface area contributed by atoms with Crippen molar-refractivity contribution in [3.63, 3.8) is 0 Å². The minimum Gasteiger partial charge on any atom is -0.396 e. The maximum Gasteiger partial charge on any atom is 0.193 e. The first-order chi connectivity index (χ1) is 11.1. The quantitative estimate of drug-likeness (QED) is 0.651. The summed E-state index contributed by atoms with van der Waals surface area (Å²) in [4.78, 5) is 12.3. The second-order valence-electron chi connectivity index (χ2n) is 5.60. The van der Waals surface area contributed by atoms with Gasteiger partial charge in [0.05, 0.1) is 12.2 Å². The summed E-state index contributed by atoms with van der Waals surface area (Å²) < 4.78 is 0. The average molecular weight is 314 g/mol. The smallest absolute Gasteiger partial charge is 0.193 e. The highest BCUT2D eigenvalue weighted by Crippen LogP contribution is 2.14. The van der Waals surface area contributed by atoms with E-state index in [1.807, 2.05) is 18.2 Å². The fourth-order valence-electron chi connectivity index (χ4n) is 2.42. The van der Waals surface area contributed by atoms with Crippen LogP contribution in [-0.4, -0.2) is 39.9 Å². The molecule has 122 valence electrons. The van der Waals surface area contributed by atoms with Crippen molar-refractivity contribution in [2.24, 2.45) is 0 Å². The van der Waals surface area contributed by atoms with E-state index < -0.39 is 12.2 Å². The summed E-state index contributed by atoms with van der Waals surface area (Å²) in [5, 5.41) is 28.5. The summed E-state index contributed by atoms with van der Waals surface area (Å²) in [5.41, 5.74) is 2.08. The molecule has 2 aromatic rings. The highest BCUT2D eigenvalue weighted by atomic mass is 16.3. The Kier molecular flexibility index (Phi) is 6.47. The van der Waals surface area contributed by atoms with Crippen LogP contribution in [0.5, 0.6) is 0 Å². The van der Waals surface area contributed by atoms with Gasteiger partial charge in [-0.2, -0.15) is 0 Å². The summed E-state index contributed by atoms with van der Waals surface area (Å²) >= 11 is 0. The third kappa shape index (κ3) is 4.99. The molecule has 0 saturated carbocycles. The van der Waals surface area contributed by atoms with Crippen LogP contribution < -0.4 is 0 Å². The van der Waals surface area contributed by atoms with Crippen LogP contribution in [0.1, 0.15) is 34.3 Å². The number of carbonyl (C=O) groups excluding carboxylic acids is 1. The lowest BCUT2D eigenvalue weighted by Crippen LogP contribution is -2.28. The number of ketones is 1. The second-order valence-corrected chi connectivity index (χ2v) is 5.60. The van der Waals surface area contributed by atoms with Gasteiger partial charge in [-0.15, -0.1) is 0 Å². The standard InChI is InChI=1S/C19H22O4/c20-12-4-7-17(21)18(22)13-14-8-10-16(11-9-14)19(23)15-5-2-1-3-6-15/h1-3,5-6,8-11,17-18,20-22H,4,7,12-13H2. The van der Waals surface area contributed by atoms with Gasteiger partial charge in [0.15, 0.2) is 5.78 Å². The van der Waals surface area contributed by atoms with Crippen molar-refractivity contribution in [1.29, 1.82) is 0 Å². The molecular weight excluding hydrogens is 292 g/mol. The molecule has 0 fully saturated rings. The molecule has 0 bridgehead atoms. The zero-order valence-electron chi connectivity index (χ0n) is 12.9. The van der Waals surface area contributed by atoms with Gasteiger partial charge in [-0.05, 0) is 18.4 Å². The lowest BCUT2D eigenvalue weighted by Gasteiger charge is -2.17. The molecule has 0 aliphatic rings. The molecule has 2 aromatic carbocycles. The Morgan fingerprint density at radius 3 is 2.09 bits per heavy atom. The first-order valence-corrected chi connectivity index (χ1v) is 7.77. The molecule has 3 N–H and O–H groups in total. The van der Waals surface area contributed by atoms with Gasteiger partial charge >= 0.3 is 0 Å². The van der Waals surface area contributed by atoms with Gasteiger partial charge in [0, 0.05) is 24.2 Å². The van der Waals surface area contributed by atoms with E-state index in [1.165, 1.54) is 0 Å². The van der Waals surface area contributed by atoms with Crippen molar-refractivity contribution in [2.45, 2.75) is 31.5 Å². The summed E-state index contributed by atoms with van der Waals surface area (Å²) in [6, 6.07) is 16.1. The number of benzene rings is 2. The van der Waals surface area contributed by atoms with E-state index in [4.69, 9.17) is 5.11 Å². The average Bonchev–Trinajstić information content (AvgIpc) is 2.60. The maximum atomic E-state index is 12.3. The number of carbonyl (C=O) groups is 1. The molecule has 0 aromatic heterocycles. The summed E-state index contributed by atoms with van der Waals surface area (Å²) in [5.74, 6) is -0.0410. The van der Waals surface area contributed by atoms with Crippen LogP contribution >= 0.6 is 0 Å². The number of hydrogen-bond acceptors (Lipinski definition) is 4. The van der Waals surface area contributed by atoms with Crippen LogP contribution in [0.4, 0.5) is 0 Å². The largest absolute Gasteiger partial charge is 0.396 e. The van der Waals surface area contributed by atoms with Crippen LogP contribution in [0.2, 0.25) is 0 Å². The Bertz CT molecular complexity index is 607. The number of aliphatic hydroxyl groups is 3. The van der Waals surface area contributed by atoms with Gasteiger partial charge in [0.1, 0.15) is 0 Å². The third-order valence-corrected chi connectivity index (χ3v) is 3.80. The van der Waals surface area contributed by atoms with Gasteiger partial charge < -0.3 is 15.3 Å². The molecule has 0 spiro atoms. The summed E-state index contributed by atoms with van der Waals surface area (Å²) in [6.45, 7) is 0.0000739. The van der Waals surface area contributed by atoms with Gasteiger partial charge in [-0.25, -0.2) is 0 Å². The van der Waals surface area contributed by atoms with Crippen molar-refractivity contribution in [3.05, 3.63) is 71.3 Å². The van der Waals surface area contributed by atoms with Crippen LogP contribution in [0, 0.1) is 0 Å². The molecule has 23 heavy (non-hydrogen) atoms. The van der Waals surface area contributed by atoms with Crippen LogP contribution in [0.25, 0.3) is 0 Å². The highest BCUT2D eigenvalue weighted by Gasteiger charge is 2.16. The third-order valence-electron chi connectivity index (χ3n) is 3.80. The Labute approximate surface area is 136 Å². The number of hydrogen-bond donors (Lipinski definition) is 3. The number of aliphatic hydroxyl groups excluding tert-OH is 3. The highest BCUT2D eigenvalue weighted by molar-refractivity contribution is 6.08. The SMILES string of the molecule is O=C(c1ccccc1)c1ccc(CC(O)C(O)CCCO)cc1.